The van der Waals surface area contributed by atoms with Gasteiger partial charge in [-0.1, -0.05) is 0 Å². The average Bonchev–Trinajstić information content (AvgIpc) is 2.65. The summed E-state index contributed by atoms with van der Waals surface area (Å²) >= 11 is 0. The lowest BCUT2D eigenvalue weighted by atomic mass is 10.2. The van der Waals surface area contributed by atoms with E-state index in [0.29, 0.717) is 11.7 Å². The number of aromatic nitrogens is 2. The molecule has 1 aliphatic heterocycles. The lowest BCUT2D eigenvalue weighted by Gasteiger charge is -2.20. The van der Waals surface area contributed by atoms with E-state index < -0.39 is 0 Å². The first-order valence-electron chi connectivity index (χ1n) is 5.28. The Labute approximate surface area is 89.3 Å². The number of carbonyl (C=O) groups is 1. The van der Waals surface area contributed by atoms with Crippen LogP contribution in [-0.2, 0) is 0 Å². The standard InChI is InChI=1S/C11H15N3O/c1-8-6-13-10(7-12-8)11(15)14-5-3-4-9(14)2/h6-7,9H,3-5H2,1-2H3/t9-/m1/s1. The van der Waals surface area contributed by atoms with Crippen LogP contribution in [0, 0.1) is 6.92 Å². The molecule has 0 aliphatic carbocycles. The van der Waals surface area contributed by atoms with E-state index >= 15 is 0 Å². The van der Waals surface area contributed by atoms with Gasteiger partial charge in [0.15, 0.2) is 0 Å². The van der Waals surface area contributed by atoms with Gasteiger partial charge in [-0.15, -0.1) is 0 Å². The third kappa shape index (κ3) is 1.98. The molecule has 0 unspecified atom stereocenters. The minimum absolute atomic E-state index is 0.00694. The SMILES string of the molecule is Cc1cnc(C(=O)N2CCC[C@H]2C)cn1. The zero-order valence-corrected chi connectivity index (χ0v) is 9.10. The Hall–Kier alpha value is -1.45. The highest BCUT2D eigenvalue weighted by molar-refractivity contribution is 5.92. The van der Waals surface area contributed by atoms with Gasteiger partial charge < -0.3 is 4.90 Å². The van der Waals surface area contributed by atoms with Crippen LogP contribution in [0.2, 0.25) is 0 Å². The van der Waals surface area contributed by atoms with Crippen LogP contribution in [0.5, 0.6) is 0 Å². The van der Waals surface area contributed by atoms with E-state index in [1.54, 1.807) is 12.4 Å². The van der Waals surface area contributed by atoms with Gasteiger partial charge in [-0.2, -0.15) is 0 Å². The van der Waals surface area contributed by atoms with Gasteiger partial charge in [0.05, 0.1) is 11.9 Å². The zero-order chi connectivity index (χ0) is 10.8. The molecule has 2 rings (SSSR count). The van der Waals surface area contributed by atoms with E-state index in [-0.39, 0.29) is 5.91 Å². The lowest BCUT2D eigenvalue weighted by Crippen LogP contribution is -2.34. The molecular weight excluding hydrogens is 190 g/mol. The van der Waals surface area contributed by atoms with E-state index in [4.69, 9.17) is 0 Å². The molecule has 0 bridgehead atoms. The fourth-order valence-corrected chi connectivity index (χ4v) is 1.89. The molecule has 1 fully saturated rings. The number of nitrogens with zero attached hydrogens (tertiary/aromatic N) is 3. The van der Waals surface area contributed by atoms with Gasteiger partial charge in [0, 0.05) is 18.8 Å². The molecular formula is C11H15N3O. The van der Waals surface area contributed by atoms with Crippen molar-refractivity contribution in [1.29, 1.82) is 0 Å². The molecule has 1 amide bonds. The van der Waals surface area contributed by atoms with Crippen LogP contribution in [-0.4, -0.2) is 33.4 Å². The third-order valence-electron chi connectivity index (χ3n) is 2.81. The molecule has 1 aromatic rings. The normalized spacial score (nSPS) is 20.7. The first-order chi connectivity index (χ1) is 7.18. The third-order valence-corrected chi connectivity index (χ3v) is 2.81. The second kappa shape index (κ2) is 3.96. The van der Waals surface area contributed by atoms with Crippen LogP contribution in [0.3, 0.4) is 0 Å². The second-order valence-electron chi connectivity index (χ2n) is 4.03. The Morgan fingerprint density at radius 3 is 2.80 bits per heavy atom. The highest BCUT2D eigenvalue weighted by atomic mass is 16.2. The molecule has 1 aromatic heterocycles. The number of amides is 1. The zero-order valence-electron chi connectivity index (χ0n) is 9.10. The Kier molecular flexibility index (Phi) is 2.66. The lowest BCUT2D eigenvalue weighted by molar-refractivity contribution is 0.0741. The monoisotopic (exact) mass is 205 g/mol. The molecule has 1 saturated heterocycles. The average molecular weight is 205 g/mol. The smallest absolute Gasteiger partial charge is 0.274 e. The Balaban J connectivity index is 2.17. The first kappa shape index (κ1) is 10.1. The maximum absolute atomic E-state index is 12.0. The van der Waals surface area contributed by atoms with E-state index in [2.05, 4.69) is 16.9 Å². The van der Waals surface area contributed by atoms with Crippen molar-refractivity contribution in [3.05, 3.63) is 23.8 Å². The molecule has 2 heterocycles. The van der Waals surface area contributed by atoms with Crippen LogP contribution in [0.1, 0.15) is 35.9 Å². The topological polar surface area (TPSA) is 46.1 Å². The summed E-state index contributed by atoms with van der Waals surface area (Å²) in [5, 5.41) is 0. The van der Waals surface area contributed by atoms with Gasteiger partial charge in [-0.05, 0) is 26.7 Å². The molecule has 4 nitrogen and oxygen atoms in total. The number of hydrogen-bond donors (Lipinski definition) is 0. The molecule has 0 spiro atoms. The Morgan fingerprint density at radius 1 is 1.47 bits per heavy atom. The van der Waals surface area contributed by atoms with Gasteiger partial charge >= 0.3 is 0 Å². The second-order valence-corrected chi connectivity index (χ2v) is 4.03. The van der Waals surface area contributed by atoms with Crippen molar-refractivity contribution < 1.29 is 4.79 Å². The number of aryl methyl sites for hydroxylation is 1. The summed E-state index contributed by atoms with van der Waals surface area (Å²) in [5.41, 5.74) is 1.29. The highest BCUT2D eigenvalue weighted by Crippen LogP contribution is 2.18. The maximum Gasteiger partial charge on any atom is 0.274 e. The van der Waals surface area contributed by atoms with Crippen LogP contribution in [0.15, 0.2) is 12.4 Å². The predicted molar refractivity (Wildman–Crippen MR) is 56.5 cm³/mol. The number of rotatable bonds is 1. The molecule has 0 saturated carbocycles. The summed E-state index contributed by atoms with van der Waals surface area (Å²) in [6, 6.07) is 0.334. The van der Waals surface area contributed by atoms with Gasteiger partial charge in [0.2, 0.25) is 0 Å². The quantitative estimate of drug-likeness (QED) is 0.696. The van der Waals surface area contributed by atoms with Gasteiger partial charge in [-0.25, -0.2) is 4.98 Å². The van der Waals surface area contributed by atoms with Crippen molar-refractivity contribution in [3.8, 4) is 0 Å². The van der Waals surface area contributed by atoms with Crippen molar-refractivity contribution in [2.24, 2.45) is 0 Å². The minimum Gasteiger partial charge on any atom is -0.335 e. The molecule has 0 aromatic carbocycles. The highest BCUT2D eigenvalue weighted by Gasteiger charge is 2.26. The van der Waals surface area contributed by atoms with Crippen molar-refractivity contribution in [2.75, 3.05) is 6.54 Å². The summed E-state index contributed by atoms with van der Waals surface area (Å²) in [5.74, 6) is 0.00694. The van der Waals surface area contributed by atoms with E-state index in [1.807, 2.05) is 11.8 Å². The van der Waals surface area contributed by atoms with Gasteiger partial charge in [-0.3, -0.25) is 9.78 Å². The summed E-state index contributed by atoms with van der Waals surface area (Å²) in [4.78, 5) is 22.1. The van der Waals surface area contributed by atoms with Crippen LogP contribution < -0.4 is 0 Å². The van der Waals surface area contributed by atoms with Crippen molar-refractivity contribution in [3.63, 3.8) is 0 Å². The van der Waals surface area contributed by atoms with Crippen LogP contribution in [0.25, 0.3) is 0 Å². The molecule has 15 heavy (non-hydrogen) atoms. The van der Waals surface area contributed by atoms with Crippen molar-refractivity contribution in [1.82, 2.24) is 14.9 Å². The minimum atomic E-state index is 0.00694. The Morgan fingerprint density at radius 2 is 2.27 bits per heavy atom. The van der Waals surface area contributed by atoms with Gasteiger partial charge in [0.1, 0.15) is 5.69 Å². The van der Waals surface area contributed by atoms with Crippen LogP contribution >= 0.6 is 0 Å². The molecule has 80 valence electrons. The van der Waals surface area contributed by atoms with Crippen LogP contribution in [0.4, 0.5) is 0 Å². The van der Waals surface area contributed by atoms with E-state index in [9.17, 15) is 4.79 Å². The number of carbonyl (C=O) groups excluding carboxylic acids is 1. The molecule has 1 atom stereocenters. The van der Waals surface area contributed by atoms with Gasteiger partial charge in [0.25, 0.3) is 5.91 Å². The molecule has 0 N–H and O–H groups in total. The summed E-state index contributed by atoms with van der Waals surface area (Å²) in [7, 11) is 0. The van der Waals surface area contributed by atoms with Crippen molar-refractivity contribution >= 4 is 5.91 Å². The molecule has 0 radical (unpaired) electrons. The van der Waals surface area contributed by atoms with Crippen molar-refractivity contribution in [2.45, 2.75) is 32.7 Å². The fourth-order valence-electron chi connectivity index (χ4n) is 1.89. The molecule has 1 aliphatic rings. The Bertz CT molecular complexity index is 361. The summed E-state index contributed by atoms with van der Waals surface area (Å²) < 4.78 is 0. The summed E-state index contributed by atoms with van der Waals surface area (Å²) in [6.07, 6.45) is 5.37. The first-order valence-corrected chi connectivity index (χ1v) is 5.28. The summed E-state index contributed by atoms with van der Waals surface area (Å²) in [6.45, 7) is 4.78. The number of hydrogen-bond acceptors (Lipinski definition) is 3. The predicted octanol–water partition coefficient (Wildman–Crippen LogP) is 1.41. The van der Waals surface area contributed by atoms with E-state index in [0.717, 1.165) is 25.1 Å². The van der Waals surface area contributed by atoms with E-state index in [1.165, 1.54) is 0 Å². The molecule has 4 heteroatoms. The maximum atomic E-state index is 12.0. The largest absolute Gasteiger partial charge is 0.335 e. The number of likely N-dealkylation sites (tertiary alicyclic amines) is 1. The fraction of sp³-hybridized carbons (Fsp3) is 0.545.